The van der Waals surface area contributed by atoms with Crippen LogP contribution in [0.2, 0.25) is 0 Å². The van der Waals surface area contributed by atoms with Gasteiger partial charge in [-0.1, -0.05) is 18.2 Å². The molecule has 1 aromatic rings. The first kappa shape index (κ1) is 17.5. The summed E-state index contributed by atoms with van der Waals surface area (Å²) in [6.45, 7) is -2.54. The number of aliphatic hydroxyl groups excluding tert-OH is 1. The number of aliphatic hydroxyl groups is 1. The van der Waals surface area contributed by atoms with E-state index in [1.807, 2.05) is 0 Å². The molecule has 0 atom stereocenters. The Kier molecular flexibility index (Phi) is 6.58. The number of rotatable bonds is 6. The van der Waals surface area contributed by atoms with Crippen molar-refractivity contribution in [2.75, 3.05) is 6.54 Å². The third-order valence-corrected chi connectivity index (χ3v) is 3.90. The lowest BCUT2D eigenvalue weighted by Gasteiger charge is -2.26. The average molecular weight is 328 g/mol. The van der Waals surface area contributed by atoms with Crippen molar-refractivity contribution in [1.29, 1.82) is 0 Å². The summed E-state index contributed by atoms with van der Waals surface area (Å²) in [5.74, 6) is 0.131. The zero-order chi connectivity index (χ0) is 16.7. The normalized spacial score (nSPS) is 21.0. The maximum Gasteiger partial charge on any atom is 0.387 e. The fraction of sp³-hybridized carbons (Fsp3) is 0.562. The molecular formula is C16H22F2N2O3. The Bertz CT molecular complexity index is 506. The van der Waals surface area contributed by atoms with Gasteiger partial charge in [0.15, 0.2) is 0 Å². The van der Waals surface area contributed by atoms with Gasteiger partial charge < -0.3 is 20.5 Å². The minimum atomic E-state index is -2.87. The lowest BCUT2D eigenvalue weighted by Crippen LogP contribution is -2.44. The molecule has 2 amide bonds. The van der Waals surface area contributed by atoms with E-state index in [0.717, 1.165) is 12.8 Å². The Morgan fingerprint density at radius 1 is 1.26 bits per heavy atom. The van der Waals surface area contributed by atoms with E-state index in [9.17, 15) is 18.7 Å². The summed E-state index contributed by atoms with van der Waals surface area (Å²) in [5.41, 5.74) is 0.619. The van der Waals surface area contributed by atoms with Gasteiger partial charge in [-0.15, -0.1) is 0 Å². The number of amides is 2. The number of carbonyl (C=O) groups excluding carboxylic acids is 1. The van der Waals surface area contributed by atoms with E-state index in [2.05, 4.69) is 15.4 Å². The van der Waals surface area contributed by atoms with Crippen LogP contribution < -0.4 is 15.4 Å². The first-order valence-corrected chi connectivity index (χ1v) is 7.79. The fourth-order valence-corrected chi connectivity index (χ4v) is 2.69. The molecule has 0 unspecified atom stereocenters. The molecule has 0 heterocycles. The average Bonchev–Trinajstić information content (AvgIpc) is 2.51. The van der Waals surface area contributed by atoms with Crippen molar-refractivity contribution in [2.45, 2.75) is 50.9 Å². The van der Waals surface area contributed by atoms with Crippen molar-refractivity contribution < 1.29 is 23.4 Å². The summed E-state index contributed by atoms with van der Waals surface area (Å²) >= 11 is 0. The number of halogens is 2. The molecule has 0 aliphatic heterocycles. The van der Waals surface area contributed by atoms with Crippen molar-refractivity contribution in [3.8, 4) is 5.75 Å². The lowest BCUT2D eigenvalue weighted by atomic mass is 9.93. The van der Waals surface area contributed by atoms with Crippen LogP contribution >= 0.6 is 0 Å². The van der Waals surface area contributed by atoms with E-state index in [0.29, 0.717) is 31.4 Å². The third kappa shape index (κ3) is 6.02. The van der Waals surface area contributed by atoms with Crippen LogP contribution in [0.25, 0.3) is 0 Å². The van der Waals surface area contributed by atoms with Crippen LogP contribution in [0.5, 0.6) is 5.75 Å². The standard InChI is InChI=1S/C16H22F2N2O3/c17-15(18)23-14-4-2-1-3-11(14)9-10-19-16(22)20-12-5-7-13(21)8-6-12/h1-4,12-13,15,21H,5-10H2,(H2,19,20,22). The second-order valence-electron chi connectivity index (χ2n) is 5.64. The number of benzene rings is 1. The molecule has 0 spiro atoms. The van der Waals surface area contributed by atoms with Crippen molar-refractivity contribution in [1.82, 2.24) is 10.6 Å². The second kappa shape index (κ2) is 8.67. The molecule has 7 heteroatoms. The van der Waals surface area contributed by atoms with Gasteiger partial charge in [0.1, 0.15) is 5.75 Å². The summed E-state index contributed by atoms with van der Waals surface area (Å²) in [5, 5.41) is 15.0. The van der Waals surface area contributed by atoms with E-state index >= 15 is 0 Å². The Labute approximate surface area is 134 Å². The predicted octanol–water partition coefficient (Wildman–Crippen LogP) is 2.43. The van der Waals surface area contributed by atoms with Crippen molar-refractivity contribution in [2.24, 2.45) is 0 Å². The molecule has 3 N–H and O–H groups in total. The topological polar surface area (TPSA) is 70.6 Å². The predicted molar refractivity (Wildman–Crippen MR) is 81.6 cm³/mol. The zero-order valence-corrected chi connectivity index (χ0v) is 12.8. The molecule has 0 saturated heterocycles. The number of para-hydroxylation sites is 1. The van der Waals surface area contributed by atoms with Gasteiger partial charge in [-0.05, 0) is 43.7 Å². The highest BCUT2D eigenvalue weighted by atomic mass is 19.3. The zero-order valence-electron chi connectivity index (χ0n) is 12.8. The van der Waals surface area contributed by atoms with E-state index in [-0.39, 0.29) is 23.9 Å². The minimum Gasteiger partial charge on any atom is -0.435 e. The van der Waals surface area contributed by atoms with Crippen LogP contribution in [0.1, 0.15) is 31.2 Å². The Morgan fingerprint density at radius 2 is 1.96 bits per heavy atom. The highest BCUT2D eigenvalue weighted by Crippen LogP contribution is 2.20. The molecule has 1 aromatic carbocycles. The van der Waals surface area contributed by atoms with E-state index in [1.54, 1.807) is 18.2 Å². The van der Waals surface area contributed by atoms with Crippen LogP contribution in [0.4, 0.5) is 13.6 Å². The monoisotopic (exact) mass is 328 g/mol. The van der Waals surface area contributed by atoms with Gasteiger partial charge in [0.05, 0.1) is 6.10 Å². The van der Waals surface area contributed by atoms with Crippen LogP contribution in [0.15, 0.2) is 24.3 Å². The molecule has 1 aliphatic carbocycles. The fourth-order valence-electron chi connectivity index (χ4n) is 2.69. The van der Waals surface area contributed by atoms with Crippen molar-refractivity contribution >= 4 is 6.03 Å². The maximum absolute atomic E-state index is 12.3. The summed E-state index contributed by atoms with van der Waals surface area (Å²) in [7, 11) is 0. The first-order chi connectivity index (χ1) is 11.0. The molecular weight excluding hydrogens is 306 g/mol. The Morgan fingerprint density at radius 3 is 2.65 bits per heavy atom. The lowest BCUT2D eigenvalue weighted by molar-refractivity contribution is -0.0504. The number of hydrogen-bond donors (Lipinski definition) is 3. The van der Waals surface area contributed by atoms with Gasteiger partial charge in [0, 0.05) is 12.6 Å². The van der Waals surface area contributed by atoms with Gasteiger partial charge in [0.2, 0.25) is 0 Å². The van der Waals surface area contributed by atoms with Crippen molar-refractivity contribution in [3.05, 3.63) is 29.8 Å². The molecule has 1 fully saturated rings. The summed E-state index contributed by atoms with van der Waals surface area (Å²) in [4.78, 5) is 11.8. The smallest absolute Gasteiger partial charge is 0.387 e. The van der Waals surface area contributed by atoms with Gasteiger partial charge in [0.25, 0.3) is 0 Å². The van der Waals surface area contributed by atoms with Crippen LogP contribution in [0, 0.1) is 0 Å². The van der Waals surface area contributed by atoms with Gasteiger partial charge in [-0.2, -0.15) is 8.78 Å². The Balaban J connectivity index is 1.73. The van der Waals surface area contributed by atoms with Crippen LogP contribution in [-0.2, 0) is 6.42 Å². The molecule has 0 bridgehead atoms. The number of carbonyl (C=O) groups is 1. The SMILES string of the molecule is O=C(NCCc1ccccc1OC(F)F)NC1CCC(O)CC1. The molecule has 1 saturated carbocycles. The molecule has 0 aromatic heterocycles. The summed E-state index contributed by atoms with van der Waals surface area (Å²) < 4.78 is 29.1. The van der Waals surface area contributed by atoms with Crippen LogP contribution in [-0.4, -0.2) is 36.4 Å². The van der Waals surface area contributed by atoms with Crippen molar-refractivity contribution in [3.63, 3.8) is 0 Å². The number of hydrogen-bond acceptors (Lipinski definition) is 3. The highest BCUT2D eigenvalue weighted by Gasteiger charge is 2.20. The second-order valence-corrected chi connectivity index (χ2v) is 5.64. The largest absolute Gasteiger partial charge is 0.435 e. The molecule has 128 valence electrons. The number of alkyl halides is 2. The number of nitrogens with one attached hydrogen (secondary N) is 2. The minimum absolute atomic E-state index is 0.0767. The molecule has 23 heavy (non-hydrogen) atoms. The van der Waals surface area contributed by atoms with E-state index in [1.165, 1.54) is 6.07 Å². The number of urea groups is 1. The van der Waals surface area contributed by atoms with Gasteiger partial charge >= 0.3 is 12.6 Å². The summed E-state index contributed by atoms with van der Waals surface area (Å²) in [6, 6.07) is 6.33. The highest BCUT2D eigenvalue weighted by molar-refractivity contribution is 5.74. The Hall–Kier alpha value is -1.89. The quantitative estimate of drug-likeness (QED) is 0.751. The molecule has 1 aliphatic rings. The van der Waals surface area contributed by atoms with E-state index in [4.69, 9.17) is 0 Å². The molecule has 5 nitrogen and oxygen atoms in total. The number of ether oxygens (including phenoxy) is 1. The summed E-state index contributed by atoms with van der Waals surface area (Å²) in [6.07, 6.45) is 3.06. The molecule has 2 rings (SSSR count). The van der Waals surface area contributed by atoms with E-state index < -0.39 is 6.61 Å². The van der Waals surface area contributed by atoms with Gasteiger partial charge in [-0.25, -0.2) is 4.79 Å². The third-order valence-electron chi connectivity index (χ3n) is 3.90. The maximum atomic E-state index is 12.3. The van der Waals surface area contributed by atoms with Crippen LogP contribution in [0.3, 0.4) is 0 Å². The first-order valence-electron chi connectivity index (χ1n) is 7.79. The van der Waals surface area contributed by atoms with Gasteiger partial charge in [-0.3, -0.25) is 0 Å². The molecule has 0 radical (unpaired) electrons.